The van der Waals surface area contributed by atoms with Gasteiger partial charge in [-0.1, -0.05) is 44.2 Å². The van der Waals surface area contributed by atoms with Gasteiger partial charge in [0, 0.05) is 25.2 Å². The summed E-state index contributed by atoms with van der Waals surface area (Å²) in [5, 5.41) is 5.25. The highest BCUT2D eigenvalue weighted by molar-refractivity contribution is 7.89. The summed E-state index contributed by atoms with van der Waals surface area (Å²) in [5.41, 5.74) is 5.73. The van der Waals surface area contributed by atoms with Gasteiger partial charge in [0.1, 0.15) is 0 Å². The Hall–Kier alpha value is -1.47. The summed E-state index contributed by atoms with van der Waals surface area (Å²) >= 11 is 0. The molecule has 0 amide bonds. The molecule has 2 atom stereocenters. The highest BCUT2D eigenvalue weighted by Crippen LogP contribution is 2.19. The summed E-state index contributed by atoms with van der Waals surface area (Å²) in [4.78, 5) is 0.285. The van der Waals surface area contributed by atoms with Crippen LogP contribution in [0.5, 0.6) is 0 Å². The van der Waals surface area contributed by atoms with Crippen LogP contribution < -0.4 is 15.8 Å². The number of benzene rings is 2. The van der Waals surface area contributed by atoms with Gasteiger partial charge in [-0.15, -0.1) is 0 Å². The monoisotopic (exact) mass is 349 g/mol. The van der Waals surface area contributed by atoms with Gasteiger partial charge in [-0.25, -0.2) is 13.1 Å². The molecule has 2 aromatic rings. The second-order valence-corrected chi connectivity index (χ2v) is 8.24. The summed E-state index contributed by atoms with van der Waals surface area (Å²) < 4.78 is 27.9. The second kappa shape index (κ2) is 8.07. The molecular formula is C18H27N3O2S. The van der Waals surface area contributed by atoms with E-state index in [1.807, 2.05) is 37.3 Å². The normalized spacial score (nSPS) is 14.9. The van der Waals surface area contributed by atoms with Crippen molar-refractivity contribution in [2.24, 2.45) is 11.7 Å². The van der Waals surface area contributed by atoms with Gasteiger partial charge < -0.3 is 11.1 Å². The SMILES string of the molecule is CC(C)[C@H](CN)NC[C@H](C)NS(=O)(=O)c1ccc2ccccc2c1. The molecule has 0 saturated carbocycles. The molecule has 0 aliphatic rings. The van der Waals surface area contributed by atoms with E-state index in [9.17, 15) is 8.42 Å². The van der Waals surface area contributed by atoms with E-state index in [0.717, 1.165) is 10.8 Å². The van der Waals surface area contributed by atoms with Crippen LogP contribution in [-0.4, -0.2) is 33.6 Å². The largest absolute Gasteiger partial charge is 0.329 e. The third kappa shape index (κ3) is 4.77. The first kappa shape index (κ1) is 18.9. The molecule has 0 spiro atoms. The molecule has 5 nitrogen and oxygen atoms in total. The zero-order chi connectivity index (χ0) is 17.7. The molecule has 0 saturated heterocycles. The van der Waals surface area contributed by atoms with Crippen molar-refractivity contribution in [3.63, 3.8) is 0 Å². The predicted octanol–water partition coefficient (Wildman–Crippen LogP) is 2.08. The molecule has 0 aliphatic heterocycles. The van der Waals surface area contributed by atoms with Gasteiger partial charge in [0.25, 0.3) is 0 Å². The third-order valence-corrected chi connectivity index (χ3v) is 5.72. The molecule has 4 N–H and O–H groups in total. The standard InChI is InChI=1S/C18H27N3O2S/c1-13(2)18(11-19)20-12-14(3)21-24(22,23)17-9-8-15-6-4-5-7-16(15)10-17/h4-10,13-14,18,20-21H,11-12,19H2,1-3H3/t14-,18-/m0/s1. The van der Waals surface area contributed by atoms with E-state index in [1.165, 1.54) is 0 Å². The van der Waals surface area contributed by atoms with Crippen LogP contribution in [0, 0.1) is 5.92 Å². The van der Waals surface area contributed by atoms with Crippen LogP contribution in [0.4, 0.5) is 0 Å². The highest BCUT2D eigenvalue weighted by Gasteiger charge is 2.19. The number of nitrogens with one attached hydrogen (secondary N) is 2. The topological polar surface area (TPSA) is 84.2 Å². The van der Waals surface area contributed by atoms with Crippen molar-refractivity contribution in [2.75, 3.05) is 13.1 Å². The minimum Gasteiger partial charge on any atom is -0.329 e. The molecule has 0 bridgehead atoms. The Kier molecular flexibility index (Phi) is 6.34. The zero-order valence-electron chi connectivity index (χ0n) is 14.5. The smallest absolute Gasteiger partial charge is 0.240 e. The van der Waals surface area contributed by atoms with Crippen molar-refractivity contribution in [2.45, 2.75) is 37.8 Å². The van der Waals surface area contributed by atoms with E-state index in [-0.39, 0.29) is 17.0 Å². The lowest BCUT2D eigenvalue weighted by Gasteiger charge is -2.23. The quantitative estimate of drug-likeness (QED) is 0.681. The molecule has 0 aliphatic carbocycles. The third-order valence-electron chi connectivity index (χ3n) is 4.13. The van der Waals surface area contributed by atoms with Crippen molar-refractivity contribution in [3.05, 3.63) is 42.5 Å². The Morgan fingerprint density at radius 2 is 1.71 bits per heavy atom. The molecule has 0 radical (unpaired) electrons. The average molecular weight is 350 g/mol. The number of sulfonamides is 1. The van der Waals surface area contributed by atoms with Crippen LogP contribution in [0.25, 0.3) is 10.8 Å². The van der Waals surface area contributed by atoms with Crippen LogP contribution in [0.3, 0.4) is 0 Å². The molecular weight excluding hydrogens is 322 g/mol. The summed E-state index contributed by atoms with van der Waals surface area (Å²) in [6.45, 7) is 7.09. The highest BCUT2D eigenvalue weighted by atomic mass is 32.2. The van der Waals surface area contributed by atoms with Gasteiger partial charge in [0.15, 0.2) is 0 Å². The molecule has 0 unspecified atom stereocenters. The molecule has 0 fully saturated rings. The van der Waals surface area contributed by atoms with Gasteiger partial charge in [-0.05, 0) is 35.7 Å². The van der Waals surface area contributed by atoms with Crippen LogP contribution >= 0.6 is 0 Å². The Morgan fingerprint density at radius 1 is 1.04 bits per heavy atom. The lowest BCUT2D eigenvalue weighted by atomic mass is 10.0. The van der Waals surface area contributed by atoms with Crippen molar-refractivity contribution in [1.82, 2.24) is 10.0 Å². The second-order valence-electron chi connectivity index (χ2n) is 6.53. The van der Waals surface area contributed by atoms with Gasteiger partial charge >= 0.3 is 0 Å². The first-order chi connectivity index (χ1) is 11.3. The van der Waals surface area contributed by atoms with E-state index < -0.39 is 10.0 Å². The maximum atomic E-state index is 12.6. The Balaban J connectivity index is 2.06. The predicted molar refractivity (Wildman–Crippen MR) is 99.4 cm³/mol. The number of rotatable bonds is 8. The maximum absolute atomic E-state index is 12.6. The van der Waals surface area contributed by atoms with Crippen LogP contribution in [0.1, 0.15) is 20.8 Å². The van der Waals surface area contributed by atoms with E-state index >= 15 is 0 Å². The van der Waals surface area contributed by atoms with Gasteiger partial charge in [-0.2, -0.15) is 0 Å². The first-order valence-corrected chi connectivity index (χ1v) is 9.76. The molecule has 2 rings (SSSR count). The van der Waals surface area contributed by atoms with Crippen molar-refractivity contribution >= 4 is 20.8 Å². The lowest BCUT2D eigenvalue weighted by molar-refractivity contribution is 0.391. The summed E-state index contributed by atoms with van der Waals surface area (Å²) in [5.74, 6) is 0.402. The molecule has 0 heterocycles. The number of nitrogens with two attached hydrogens (primary N) is 1. The fourth-order valence-electron chi connectivity index (χ4n) is 2.63. The van der Waals surface area contributed by atoms with Crippen LogP contribution in [0.2, 0.25) is 0 Å². The average Bonchev–Trinajstić information content (AvgIpc) is 2.54. The maximum Gasteiger partial charge on any atom is 0.240 e. The Labute approximate surface area is 144 Å². The fraction of sp³-hybridized carbons (Fsp3) is 0.444. The van der Waals surface area contributed by atoms with E-state index in [2.05, 4.69) is 23.9 Å². The van der Waals surface area contributed by atoms with Gasteiger partial charge in [0.2, 0.25) is 10.0 Å². The number of hydrogen-bond donors (Lipinski definition) is 3. The Morgan fingerprint density at radius 3 is 2.33 bits per heavy atom. The van der Waals surface area contributed by atoms with E-state index in [4.69, 9.17) is 5.73 Å². The van der Waals surface area contributed by atoms with Gasteiger partial charge in [-0.3, -0.25) is 0 Å². The minimum atomic E-state index is -3.55. The van der Waals surface area contributed by atoms with E-state index in [0.29, 0.717) is 19.0 Å². The van der Waals surface area contributed by atoms with Crippen LogP contribution in [-0.2, 0) is 10.0 Å². The van der Waals surface area contributed by atoms with Crippen LogP contribution in [0.15, 0.2) is 47.4 Å². The van der Waals surface area contributed by atoms with Crippen molar-refractivity contribution in [3.8, 4) is 0 Å². The van der Waals surface area contributed by atoms with E-state index in [1.54, 1.807) is 12.1 Å². The summed E-state index contributed by atoms with van der Waals surface area (Å²) in [6, 6.07) is 12.8. The number of hydrogen-bond acceptors (Lipinski definition) is 4. The molecule has 2 aromatic carbocycles. The minimum absolute atomic E-state index is 0.178. The first-order valence-electron chi connectivity index (χ1n) is 8.28. The fourth-order valence-corrected chi connectivity index (χ4v) is 3.91. The molecule has 24 heavy (non-hydrogen) atoms. The molecule has 132 valence electrons. The Bertz CT molecular complexity index is 775. The number of fused-ring (bicyclic) bond motifs is 1. The summed E-state index contributed by atoms with van der Waals surface area (Å²) in [6.07, 6.45) is 0. The zero-order valence-corrected chi connectivity index (χ0v) is 15.3. The van der Waals surface area contributed by atoms with Gasteiger partial charge in [0.05, 0.1) is 4.90 Å². The summed E-state index contributed by atoms with van der Waals surface area (Å²) in [7, 11) is -3.55. The van der Waals surface area contributed by atoms with Crippen molar-refractivity contribution in [1.29, 1.82) is 0 Å². The molecule has 0 aromatic heterocycles. The molecule has 6 heteroatoms. The van der Waals surface area contributed by atoms with Crippen molar-refractivity contribution < 1.29 is 8.42 Å². The lowest BCUT2D eigenvalue weighted by Crippen LogP contribution is -2.47.